The SMILES string of the molecule is CC(C)c1ccc(Br)cc1C1(N=C=O)CCC1. The maximum Gasteiger partial charge on any atom is 0.235 e. The van der Waals surface area contributed by atoms with Gasteiger partial charge < -0.3 is 0 Å². The molecule has 0 heterocycles. The fourth-order valence-electron chi connectivity index (χ4n) is 2.48. The van der Waals surface area contributed by atoms with Gasteiger partial charge in [-0.2, -0.15) is 4.99 Å². The molecule has 1 aromatic carbocycles. The first-order valence-electron chi connectivity index (χ1n) is 5.98. The molecule has 1 saturated carbocycles. The number of hydrogen-bond acceptors (Lipinski definition) is 2. The van der Waals surface area contributed by atoms with Gasteiger partial charge in [-0.1, -0.05) is 35.8 Å². The molecule has 17 heavy (non-hydrogen) atoms. The summed E-state index contributed by atoms with van der Waals surface area (Å²) in [6.45, 7) is 4.34. The van der Waals surface area contributed by atoms with Crippen LogP contribution in [-0.2, 0) is 10.3 Å². The Bertz CT molecular complexity index is 471. The van der Waals surface area contributed by atoms with Gasteiger partial charge in [0.05, 0.1) is 5.54 Å². The summed E-state index contributed by atoms with van der Waals surface area (Å²) in [6, 6.07) is 6.29. The number of hydrogen-bond donors (Lipinski definition) is 0. The second kappa shape index (κ2) is 4.75. The molecule has 90 valence electrons. The van der Waals surface area contributed by atoms with E-state index >= 15 is 0 Å². The summed E-state index contributed by atoms with van der Waals surface area (Å²) >= 11 is 3.50. The second-order valence-electron chi connectivity index (χ2n) is 4.97. The molecule has 2 nitrogen and oxygen atoms in total. The Morgan fingerprint density at radius 3 is 2.59 bits per heavy atom. The summed E-state index contributed by atoms with van der Waals surface area (Å²) in [6.07, 6.45) is 4.80. The Labute approximate surface area is 110 Å². The number of rotatable bonds is 3. The molecule has 0 aliphatic heterocycles. The number of isocyanates is 1. The zero-order valence-corrected chi connectivity index (χ0v) is 11.8. The Hall–Kier alpha value is -0.920. The molecule has 0 N–H and O–H groups in total. The lowest BCUT2D eigenvalue weighted by Gasteiger charge is -2.39. The van der Waals surface area contributed by atoms with Crippen molar-refractivity contribution in [1.29, 1.82) is 0 Å². The summed E-state index contributed by atoms with van der Waals surface area (Å²) in [4.78, 5) is 14.7. The zero-order valence-electron chi connectivity index (χ0n) is 10.2. The third-order valence-electron chi connectivity index (χ3n) is 3.58. The monoisotopic (exact) mass is 293 g/mol. The summed E-state index contributed by atoms with van der Waals surface area (Å²) in [5.41, 5.74) is 2.17. The molecular formula is C14H16BrNO. The van der Waals surface area contributed by atoms with Crippen LogP contribution in [-0.4, -0.2) is 6.08 Å². The third kappa shape index (κ3) is 2.22. The van der Waals surface area contributed by atoms with Crippen molar-refractivity contribution < 1.29 is 4.79 Å². The van der Waals surface area contributed by atoms with E-state index in [4.69, 9.17) is 0 Å². The molecule has 0 atom stereocenters. The normalized spacial score (nSPS) is 17.4. The van der Waals surface area contributed by atoms with Crippen LogP contribution in [0.4, 0.5) is 0 Å². The van der Waals surface area contributed by atoms with E-state index in [2.05, 4.69) is 53.0 Å². The van der Waals surface area contributed by atoms with Crippen LogP contribution < -0.4 is 0 Å². The Morgan fingerprint density at radius 2 is 2.12 bits per heavy atom. The highest BCUT2D eigenvalue weighted by Crippen LogP contribution is 2.47. The average Bonchev–Trinajstić information content (AvgIpc) is 2.22. The summed E-state index contributed by atoms with van der Waals surface area (Å²) in [5.74, 6) is 0.442. The van der Waals surface area contributed by atoms with Gasteiger partial charge in [0.25, 0.3) is 0 Å². The highest BCUT2D eigenvalue weighted by atomic mass is 79.9. The van der Waals surface area contributed by atoms with E-state index in [1.54, 1.807) is 6.08 Å². The Morgan fingerprint density at radius 1 is 1.41 bits per heavy atom. The lowest BCUT2D eigenvalue weighted by atomic mass is 9.70. The average molecular weight is 294 g/mol. The summed E-state index contributed by atoms with van der Waals surface area (Å²) in [5, 5.41) is 0. The molecule has 1 aliphatic carbocycles. The van der Waals surface area contributed by atoms with Gasteiger partial charge in [-0.25, -0.2) is 4.79 Å². The van der Waals surface area contributed by atoms with E-state index in [9.17, 15) is 4.79 Å². The summed E-state index contributed by atoms with van der Waals surface area (Å²) < 4.78 is 1.05. The number of carbonyl (C=O) groups excluding carboxylic acids is 1. The maximum atomic E-state index is 10.6. The first-order valence-corrected chi connectivity index (χ1v) is 6.77. The van der Waals surface area contributed by atoms with Gasteiger partial charge in [-0.05, 0) is 48.4 Å². The summed E-state index contributed by atoms with van der Waals surface area (Å²) in [7, 11) is 0. The number of aliphatic imine (C=N–C) groups is 1. The Balaban J connectivity index is 2.56. The van der Waals surface area contributed by atoms with Gasteiger partial charge in [0.1, 0.15) is 0 Å². The topological polar surface area (TPSA) is 29.4 Å². The lowest BCUT2D eigenvalue weighted by molar-refractivity contribution is 0.253. The minimum Gasteiger partial charge on any atom is -0.211 e. The predicted octanol–water partition coefficient (Wildman–Crippen LogP) is 4.29. The van der Waals surface area contributed by atoms with Crippen molar-refractivity contribution in [2.75, 3.05) is 0 Å². The van der Waals surface area contributed by atoms with E-state index in [-0.39, 0.29) is 5.54 Å². The van der Waals surface area contributed by atoms with Crippen LogP contribution in [0.1, 0.15) is 50.2 Å². The first-order chi connectivity index (χ1) is 8.09. The van der Waals surface area contributed by atoms with Crippen molar-refractivity contribution in [1.82, 2.24) is 0 Å². The molecule has 0 amide bonds. The molecular weight excluding hydrogens is 278 g/mol. The quantitative estimate of drug-likeness (QED) is 0.604. The molecule has 0 aromatic heterocycles. The number of halogens is 1. The highest BCUT2D eigenvalue weighted by molar-refractivity contribution is 9.10. The van der Waals surface area contributed by atoms with Gasteiger partial charge in [0.2, 0.25) is 6.08 Å². The highest BCUT2D eigenvalue weighted by Gasteiger charge is 2.40. The van der Waals surface area contributed by atoms with Crippen LogP contribution >= 0.6 is 15.9 Å². The van der Waals surface area contributed by atoms with Gasteiger partial charge >= 0.3 is 0 Å². The standard InChI is InChI=1S/C14H16BrNO/c1-10(2)12-5-4-11(15)8-13(12)14(16-9-17)6-3-7-14/h4-5,8,10H,3,6-7H2,1-2H3. The molecule has 2 rings (SSSR count). The van der Waals surface area contributed by atoms with Gasteiger partial charge in [0, 0.05) is 4.47 Å². The molecule has 0 radical (unpaired) electrons. The molecule has 0 saturated heterocycles. The molecule has 0 spiro atoms. The van der Waals surface area contributed by atoms with Crippen LogP contribution in [0.15, 0.2) is 27.7 Å². The molecule has 0 bridgehead atoms. The minimum atomic E-state index is -0.300. The molecule has 1 aromatic rings. The van der Waals surface area contributed by atoms with Crippen molar-refractivity contribution >= 4 is 22.0 Å². The third-order valence-corrected chi connectivity index (χ3v) is 4.07. The molecule has 1 aliphatic rings. The second-order valence-corrected chi connectivity index (χ2v) is 5.89. The van der Waals surface area contributed by atoms with Crippen LogP contribution in [0.3, 0.4) is 0 Å². The van der Waals surface area contributed by atoms with Crippen LogP contribution in [0.2, 0.25) is 0 Å². The maximum absolute atomic E-state index is 10.6. The fraction of sp³-hybridized carbons (Fsp3) is 0.500. The molecule has 1 fully saturated rings. The lowest BCUT2D eigenvalue weighted by Crippen LogP contribution is -2.33. The van der Waals surface area contributed by atoms with E-state index in [0.29, 0.717) is 5.92 Å². The van der Waals surface area contributed by atoms with E-state index in [1.165, 1.54) is 11.1 Å². The van der Waals surface area contributed by atoms with Crippen molar-refractivity contribution in [3.8, 4) is 0 Å². The van der Waals surface area contributed by atoms with Crippen LogP contribution in [0.25, 0.3) is 0 Å². The van der Waals surface area contributed by atoms with Crippen molar-refractivity contribution in [3.63, 3.8) is 0 Å². The van der Waals surface area contributed by atoms with Crippen molar-refractivity contribution in [3.05, 3.63) is 33.8 Å². The fourth-order valence-corrected chi connectivity index (χ4v) is 2.84. The molecule has 0 unspecified atom stereocenters. The van der Waals surface area contributed by atoms with Gasteiger partial charge in [0.15, 0.2) is 0 Å². The van der Waals surface area contributed by atoms with Crippen LogP contribution in [0.5, 0.6) is 0 Å². The number of benzene rings is 1. The predicted molar refractivity (Wildman–Crippen MR) is 71.9 cm³/mol. The minimum absolute atomic E-state index is 0.300. The first kappa shape index (κ1) is 12.5. The van der Waals surface area contributed by atoms with E-state index in [0.717, 1.165) is 23.7 Å². The number of nitrogens with zero attached hydrogens (tertiary/aromatic N) is 1. The smallest absolute Gasteiger partial charge is 0.211 e. The van der Waals surface area contributed by atoms with Crippen molar-refractivity contribution in [2.45, 2.75) is 44.6 Å². The molecule has 3 heteroatoms. The van der Waals surface area contributed by atoms with Crippen molar-refractivity contribution in [2.24, 2.45) is 4.99 Å². The van der Waals surface area contributed by atoms with Gasteiger partial charge in [-0.3, -0.25) is 0 Å². The van der Waals surface area contributed by atoms with E-state index < -0.39 is 0 Å². The van der Waals surface area contributed by atoms with E-state index in [1.807, 2.05) is 0 Å². The Kier molecular flexibility index (Phi) is 3.50. The van der Waals surface area contributed by atoms with Crippen LogP contribution in [0, 0.1) is 0 Å². The zero-order chi connectivity index (χ0) is 12.5. The van der Waals surface area contributed by atoms with Gasteiger partial charge in [-0.15, -0.1) is 0 Å². The largest absolute Gasteiger partial charge is 0.235 e.